The Morgan fingerprint density at radius 3 is 2.74 bits per heavy atom. The van der Waals surface area contributed by atoms with Crippen LogP contribution in [0, 0.1) is 0 Å². The number of carbonyl (C=O) groups is 1. The first-order chi connectivity index (χ1) is 10.8. The van der Waals surface area contributed by atoms with Gasteiger partial charge >= 0.3 is 0 Å². The average Bonchev–Trinajstić information content (AvgIpc) is 3.07. The van der Waals surface area contributed by atoms with Gasteiger partial charge in [-0.25, -0.2) is 0 Å². The second-order valence-corrected chi connectivity index (χ2v) is 7.59. The molecule has 2 rings (SSSR count). The van der Waals surface area contributed by atoms with Crippen LogP contribution in [0.2, 0.25) is 0 Å². The Balaban J connectivity index is 1.93. The molecule has 5 nitrogen and oxygen atoms in total. The van der Waals surface area contributed by atoms with Crippen LogP contribution >= 0.6 is 0 Å². The van der Waals surface area contributed by atoms with Crippen LogP contribution in [-0.4, -0.2) is 37.1 Å². The smallest absolute Gasteiger partial charge is 0.284 e. The van der Waals surface area contributed by atoms with E-state index in [4.69, 9.17) is 14.9 Å². The average molecular weight is 322 g/mol. The summed E-state index contributed by atoms with van der Waals surface area (Å²) < 4.78 is 11.4. The largest absolute Gasteiger partial charge is 0.455 e. The molecular formula is C18H30N2O3. The van der Waals surface area contributed by atoms with Gasteiger partial charge in [0.25, 0.3) is 5.91 Å². The molecule has 2 N–H and O–H groups in total. The molecule has 5 heteroatoms. The topological polar surface area (TPSA) is 68.7 Å². The van der Waals surface area contributed by atoms with Crippen LogP contribution in [0.1, 0.15) is 68.3 Å². The van der Waals surface area contributed by atoms with E-state index in [2.05, 4.69) is 32.7 Å². The van der Waals surface area contributed by atoms with E-state index >= 15 is 0 Å². The Kier molecular flexibility index (Phi) is 5.87. The molecule has 0 aromatic carbocycles. The summed E-state index contributed by atoms with van der Waals surface area (Å²) in [5.41, 5.74) is 6.26. The molecule has 130 valence electrons. The fourth-order valence-electron chi connectivity index (χ4n) is 3.13. The van der Waals surface area contributed by atoms with E-state index in [0.29, 0.717) is 6.10 Å². The molecule has 1 amide bonds. The lowest BCUT2D eigenvalue weighted by atomic mass is 9.90. The molecule has 0 spiro atoms. The fourth-order valence-corrected chi connectivity index (χ4v) is 3.13. The Morgan fingerprint density at radius 1 is 1.43 bits per heavy atom. The highest BCUT2D eigenvalue weighted by Gasteiger charge is 2.25. The van der Waals surface area contributed by atoms with Gasteiger partial charge in [-0.3, -0.25) is 4.79 Å². The molecule has 1 aromatic rings. The number of nitrogens with two attached hydrogens (primary N) is 1. The SMILES string of the molecule is CN(CCCC1CCCO1)Cc1cc(C(N)=O)oc1C(C)(C)C. The molecule has 2 heterocycles. The van der Waals surface area contributed by atoms with Crippen molar-refractivity contribution in [2.24, 2.45) is 5.73 Å². The third-order valence-corrected chi connectivity index (χ3v) is 4.26. The predicted molar refractivity (Wildman–Crippen MR) is 90.5 cm³/mol. The highest BCUT2D eigenvalue weighted by atomic mass is 16.5. The summed E-state index contributed by atoms with van der Waals surface area (Å²) in [7, 11) is 2.10. The van der Waals surface area contributed by atoms with Gasteiger partial charge in [0, 0.05) is 24.1 Å². The lowest BCUT2D eigenvalue weighted by Gasteiger charge is -2.21. The predicted octanol–water partition coefficient (Wildman–Crippen LogP) is 3.07. The number of amides is 1. The molecule has 0 aliphatic carbocycles. The minimum Gasteiger partial charge on any atom is -0.455 e. The number of primary amides is 1. The third kappa shape index (κ3) is 5.08. The fraction of sp³-hybridized carbons (Fsp3) is 0.722. The van der Waals surface area contributed by atoms with Crippen molar-refractivity contribution in [2.45, 2.75) is 64.5 Å². The van der Waals surface area contributed by atoms with Gasteiger partial charge in [0.15, 0.2) is 5.76 Å². The van der Waals surface area contributed by atoms with Crippen molar-refractivity contribution in [3.05, 3.63) is 23.2 Å². The summed E-state index contributed by atoms with van der Waals surface area (Å²) in [6, 6.07) is 1.79. The molecule has 1 aliphatic heterocycles. The lowest BCUT2D eigenvalue weighted by Crippen LogP contribution is -2.22. The Labute approximate surface area is 139 Å². The summed E-state index contributed by atoms with van der Waals surface area (Å²) in [6.45, 7) is 8.92. The number of carbonyl (C=O) groups excluding carboxylic acids is 1. The zero-order chi connectivity index (χ0) is 17.0. The number of hydrogen-bond acceptors (Lipinski definition) is 4. The zero-order valence-electron chi connectivity index (χ0n) is 14.9. The van der Waals surface area contributed by atoms with Crippen LogP contribution < -0.4 is 5.73 Å². The summed E-state index contributed by atoms with van der Waals surface area (Å²) in [5.74, 6) is 0.581. The van der Waals surface area contributed by atoms with Gasteiger partial charge in [0.05, 0.1) is 6.10 Å². The van der Waals surface area contributed by atoms with Crippen molar-refractivity contribution in [2.75, 3.05) is 20.2 Å². The summed E-state index contributed by atoms with van der Waals surface area (Å²) in [6.07, 6.45) is 5.08. The summed E-state index contributed by atoms with van der Waals surface area (Å²) in [5, 5.41) is 0. The first-order valence-electron chi connectivity index (χ1n) is 8.50. The van der Waals surface area contributed by atoms with Crippen LogP contribution in [0.3, 0.4) is 0 Å². The van der Waals surface area contributed by atoms with Crippen molar-refractivity contribution in [1.29, 1.82) is 0 Å². The molecular weight excluding hydrogens is 292 g/mol. The second-order valence-electron chi connectivity index (χ2n) is 7.59. The first kappa shape index (κ1) is 18.0. The molecule has 1 atom stereocenters. The standard InChI is InChI=1S/C18H30N2O3/c1-18(2,3)16-13(11-15(23-16)17(19)21)12-20(4)9-5-7-14-8-6-10-22-14/h11,14H,5-10,12H2,1-4H3,(H2,19,21). The molecule has 0 radical (unpaired) electrons. The molecule has 23 heavy (non-hydrogen) atoms. The Hall–Kier alpha value is -1.33. The maximum Gasteiger partial charge on any atom is 0.284 e. The molecule has 1 unspecified atom stereocenters. The van der Waals surface area contributed by atoms with Crippen LogP contribution in [0.25, 0.3) is 0 Å². The maximum absolute atomic E-state index is 11.4. The van der Waals surface area contributed by atoms with Gasteiger partial charge in [0.1, 0.15) is 5.76 Å². The van der Waals surface area contributed by atoms with Crippen molar-refractivity contribution >= 4 is 5.91 Å². The van der Waals surface area contributed by atoms with Crippen molar-refractivity contribution in [3.8, 4) is 0 Å². The monoisotopic (exact) mass is 322 g/mol. The van der Waals surface area contributed by atoms with Crippen LogP contribution in [0.15, 0.2) is 10.5 Å². The van der Waals surface area contributed by atoms with Gasteiger partial charge < -0.3 is 19.8 Å². The van der Waals surface area contributed by atoms with Crippen molar-refractivity contribution in [1.82, 2.24) is 4.90 Å². The quantitative estimate of drug-likeness (QED) is 0.837. The number of ether oxygens (including phenoxy) is 1. The van der Waals surface area contributed by atoms with E-state index in [0.717, 1.165) is 43.9 Å². The van der Waals surface area contributed by atoms with E-state index in [1.165, 1.54) is 12.8 Å². The van der Waals surface area contributed by atoms with Crippen molar-refractivity contribution < 1.29 is 13.9 Å². The summed E-state index contributed by atoms with van der Waals surface area (Å²) >= 11 is 0. The van der Waals surface area contributed by atoms with E-state index in [1.54, 1.807) is 6.07 Å². The molecule has 0 saturated carbocycles. The van der Waals surface area contributed by atoms with Crippen LogP contribution in [-0.2, 0) is 16.7 Å². The number of hydrogen-bond donors (Lipinski definition) is 1. The summed E-state index contributed by atoms with van der Waals surface area (Å²) in [4.78, 5) is 13.7. The molecule has 1 aromatic heterocycles. The molecule has 1 saturated heterocycles. The molecule has 0 bridgehead atoms. The highest BCUT2D eigenvalue weighted by Crippen LogP contribution is 2.29. The van der Waals surface area contributed by atoms with Crippen LogP contribution in [0.5, 0.6) is 0 Å². The Bertz CT molecular complexity index is 525. The van der Waals surface area contributed by atoms with Gasteiger partial charge in [-0.15, -0.1) is 0 Å². The third-order valence-electron chi connectivity index (χ3n) is 4.26. The molecule has 1 fully saturated rings. The van der Waals surface area contributed by atoms with Crippen molar-refractivity contribution in [3.63, 3.8) is 0 Å². The van der Waals surface area contributed by atoms with Gasteiger partial charge in [-0.05, 0) is 45.3 Å². The number of nitrogens with zero attached hydrogens (tertiary/aromatic N) is 1. The first-order valence-corrected chi connectivity index (χ1v) is 8.50. The normalized spacial score (nSPS) is 18.7. The van der Waals surface area contributed by atoms with E-state index < -0.39 is 5.91 Å². The van der Waals surface area contributed by atoms with Gasteiger partial charge in [-0.1, -0.05) is 20.8 Å². The van der Waals surface area contributed by atoms with Gasteiger partial charge in [0.2, 0.25) is 0 Å². The minimum absolute atomic E-state index is 0.151. The molecule has 1 aliphatic rings. The van der Waals surface area contributed by atoms with Gasteiger partial charge in [-0.2, -0.15) is 0 Å². The van der Waals surface area contributed by atoms with E-state index in [9.17, 15) is 4.79 Å². The number of rotatable bonds is 7. The minimum atomic E-state index is -0.511. The Morgan fingerprint density at radius 2 is 2.17 bits per heavy atom. The maximum atomic E-state index is 11.4. The number of furan rings is 1. The lowest BCUT2D eigenvalue weighted by molar-refractivity contribution is 0.0970. The van der Waals surface area contributed by atoms with Crippen LogP contribution in [0.4, 0.5) is 0 Å². The zero-order valence-corrected chi connectivity index (χ0v) is 14.9. The highest BCUT2D eigenvalue weighted by molar-refractivity contribution is 5.90. The second kappa shape index (κ2) is 7.49. The van der Waals surface area contributed by atoms with E-state index in [-0.39, 0.29) is 11.2 Å². The van der Waals surface area contributed by atoms with E-state index in [1.807, 2.05) is 0 Å².